The van der Waals surface area contributed by atoms with Gasteiger partial charge >= 0.3 is 11.9 Å². The van der Waals surface area contributed by atoms with Gasteiger partial charge in [0.2, 0.25) is 0 Å². The molecule has 0 radical (unpaired) electrons. The van der Waals surface area contributed by atoms with Crippen LogP contribution in [0.15, 0.2) is 24.3 Å². The van der Waals surface area contributed by atoms with E-state index in [4.69, 9.17) is 9.47 Å². The summed E-state index contributed by atoms with van der Waals surface area (Å²) >= 11 is 0. The summed E-state index contributed by atoms with van der Waals surface area (Å²) in [5, 5.41) is 0. The van der Waals surface area contributed by atoms with E-state index in [1.54, 1.807) is 13.8 Å². The van der Waals surface area contributed by atoms with Crippen molar-refractivity contribution in [1.82, 2.24) is 0 Å². The van der Waals surface area contributed by atoms with Crippen LogP contribution in [0.25, 0.3) is 0 Å². The van der Waals surface area contributed by atoms with Crippen molar-refractivity contribution in [2.45, 2.75) is 33.1 Å². The number of carbonyl (C=O) groups is 2. The zero-order valence-corrected chi connectivity index (χ0v) is 12.2. The molecule has 0 heterocycles. The zero-order valence-electron chi connectivity index (χ0n) is 12.2. The quantitative estimate of drug-likeness (QED) is 0.553. The predicted octanol–water partition coefficient (Wildman–Crippen LogP) is 2.64. The topological polar surface area (TPSA) is 52.6 Å². The average Bonchev–Trinajstić information content (AvgIpc) is 2.94. The summed E-state index contributed by atoms with van der Waals surface area (Å²) in [5.41, 5.74) is 0.838. The minimum Gasteiger partial charge on any atom is -0.462 e. The molecule has 3 aliphatic rings. The normalized spacial score (nSPS) is 30.3. The Labute approximate surface area is 119 Å². The summed E-state index contributed by atoms with van der Waals surface area (Å²) in [6, 6.07) is 0. The van der Waals surface area contributed by atoms with Gasteiger partial charge in [-0.1, -0.05) is 13.2 Å². The fraction of sp³-hybridized carbons (Fsp3) is 0.625. The highest BCUT2D eigenvalue weighted by atomic mass is 16.5. The van der Waals surface area contributed by atoms with Crippen molar-refractivity contribution in [3.63, 3.8) is 0 Å². The van der Waals surface area contributed by atoms with Crippen molar-refractivity contribution in [3.8, 4) is 0 Å². The first-order valence-corrected chi connectivity index (χ1v) is 7.01. The van der Waals surface area contributed by atoms with E-state index in [0.29, 0.717) is 36.2 Å². The number of rotatable bonds is 6. The summed E-state index contributed by atoms with van der Waals surface area (Å²) in [4.78, 5) is 23.0. The van der Waals surface area contributed by atoms with Crippen molar-refractivity contribution >= 4 is 11.9 Å². The van der Waals surface area contributed by atoms with Gasteiger partial charge in [0.05, 0.1) is 13.2 Å². The van der Waals surface area contributed by atoms with Crippen molar-refractivity contribution in [2.24, 2.45) is 17.3 Å². The van der Waals surface area contributed by atoms with E-state index in [1.165, 1.54) is 0 Å². The standard InChI is InChI=1S/C16H22O4/c1-10(2)14(17)19-8-13-12-5-6-16(13,7-12)9-20-15(18)11(3)4/h12-13H,1,3,5-9H2,2,4H3. The summed E-state index contributed by atoms with van der Waals surface area (Å²) in [6.07, 6.45) is 3.22. The van der Waals surface area contributed by atoms with Crippen LogP contribution in [0.3, 0.4) is 0 Å². The Morgan fingerprint density at radius 2 is 1.75 bits per heavy atom. The monoisotopic (exact) mass is 278 g/mol. The molecule has 0 aromatic heterocycles. The molecule has 0 aromatic rings. The summed E-state index contributed by atoms with van der Waals surface area (Å²) in [5.74, 6) is 0.220. The molecule has 0 aromatic carbocycles. The van der Waals surface area contributed by atoms with Crippen LogP contribution in [0, 0.1) is 17.3 Å². The van der Waals surface area contributed by atoms with Crippen molar-refractivity contribution in [1.29, 1.82) is 0 Å². The van der Waals surface area contributed by atoms with Gasteiger partial charge in [0, 0.05) is 22.5 Å². The predicted molar refractivity (Wildman–Crippen MR) is 74.8 cm³/mol. The number of carbonyl (C=O) groups excluding carboxylic acids is 2. The van der Waals surface area contributed by atoms with Gasteiger partial charge in [-0.15, -0.1) is 0 Å². The van der Waals surface area contributed by atoms with E-state index >= 15 is 0 Å². The van der Waals surface area contributed by atoms with Crippen LogP contribution < -0.4 is 0 Å². The van der Waals surface area contributed by atoms with Gasteiger partial charge in [-0.3, -0.25) is 0 Å². The fourth-order valence-electron chi connectivity index (χ4n) is 3.39. The van der Waals surface area contributed by atoms with Gasteiger partial charge in [0.15, 0.2) is 0 Å². The molecule has 110 valence electrons. The third kappa shape index (κ3) is 2.65. The minimum absolute atomic E-state index is 0.00509. The zero-order chi connectivity index (χ0) is 14.9. The molecule has 3 rings (SSSR count). The van der Waals surface area contributed by atoms with Gasteiger partial charge < -0.3 is 9.47 Å². The first kappa shape index (κ1) is 14.8. The van der Waals surface area contributed by atoms with E-state index in [-0.39, 0.29) is 17.4 Å². The Kier molecular flexibility index (Phi) is 4.02. The molecule has 0 saturated heterocycles. The van der Waals surface area contributed by atoms with Gasteiger partial charge in [-0.2, -0.15) is 0 Å². The molecule has 3 fully saturated rings. The van der Waals surface area contributed by atoms with Gasteiger partial charge in [0.1, 0.15) is 0 Å². The number of hydrogen-bond donors (Lipinski definition) is 0. The Balaban J connectivity index is 1.88. The summed E-state index contributed by atoms with van der Waals surface area (Å²) in [7, 11) is 0. The third-order valence-corrected chi connectivity index (χ3v) is 4.62. The second-order valence-electron chi connectivity index (χ2n) is 6.21. The van der Waals surface area contributed by atoms with Crippen LogP contribution in [0.4, 0.5) is 0 Å². The number of ether oxygens (including phenoxy) is 2. The average molecular weight is 278 g/mol. The number of fused-ring (bicyclic) bond motifs is 1. The van der Waals surface area contributed by atoms with Crippen molar-refractivity contribution < 1.29 is 19.1 Å². The molecule has 3 saturated carbocycles. The highest BCUT2D eigenvalue weighted by Crippen LogP contribution is 2.63. The molecule has 3 atom stereocenters. The Morgan fingerprint density at radius 1 is 1.15 bits per heavy atom. The number of esters is 2. The first-order valence-electron chi connectivity index (χ1n) is 7.01. The largest absolute Gasteiger partial charge is 0.462 e. The highest BCUT2D eigenvalue weighted by molar-refractivity contribution is 5.87. The van der Waals surface area contributed by atoms with Crippen LogP contribution in [0.2, 0.25) is 0 Å². The minimum atomic E-state index is -0.342. The first-order chi connectivity index (χ1) is 9.35. The van der Waals surface area contributed by atoms with Crippen LogP contribution in [0.1, 0.15) is 33.1 Å². The van der Waals surface area contributed by atoms with Gasteiger partial charge in [0.25, 0.3) is 0 Å². The molecule has 4 heteroatoms. The van der Waals surface area contributed by atoms with Crippen LogP contribution in [-0.2, 0) is 19.1 Å². The van der Waals surface area contributed by atoms with Gasteiger partial charge in [-0.25, -0.2) is 9.59 Å². The number of hydrogen-bond acceptors (Lipinski definition) is 4. The Morgan fingerprint density at radius 3 is 2.30 bits per heavy atom. The molecule has 20 heavy (non-hydrogen) atoms. The van der Waals surface area contributed by atoms with E-state index in [1.807, 2.05) is 0 Å². The molecule has 3 unspecified atom stereocenters. The highest BCUT2D eigenvalue weighted by Gasteiger charge is 2.59. The lowest BCUT2D eigenvalue weighted by atomic mass is 9.61. The van der Waals surface area contributed by atoms with Crippen LogP contribution in [-0.4, -0.2) is 25.2 Å². The van der Waals surface area contributed by atoms with Crippen LogP contribution >= 0.6 is 0 Å². The lowest BCUT2D eigenvalue weighted by Crippen LogP contribution is -2.46. The summed E-state index contributed by atoms with van der Waals surface area (Å²) in [6.45, 7) is 11.2. The van der Waals surface area contributed by atoms with E-state index in [9.17, 15) is 9.59 Å². The van der Waals surface area contributed by atoms with E-state index < -0.39 is 0 Å². The van der Waals surface area contributed by atoms with E-state index in [2.05, 4.69) is 13.2 Å². The molecule has 4 nitrogen and oxygen atoms in total. The van der Waals surface area contributed by atoms with Gasteiger partial charge in [-0.05, 0) is 39.0 Å². The lowest BCUT2D eigenvalue weighted by Gasteiger charge is -2.46. The maximum absolute atomic E-state index is 11.5. The Bertz CT molecular complexity index is 461. The molecule has 3 aliphatic carbocycles. The SMILES string of the molecule is C=C(C)C(=O)OCC1C2CCC1(COC(=O)C(=C)C)C2. The van der Waals surface area contributed by atoms with Crippen LogP contribution in [0.5, 0.6) is 0 Å². The molecule has 0 amide bonds. The maximum atomic E-state index is 11.5. The van der Waals surface area contributed by atoms with Crippen molar-refractivity contribution in [2.75, 3.05) is 13.2 Å². The third-order valence-electron chi connectivity index (χ3n) is 4.62. The molecule has 0 N–H and O–H groups in total. The molecular weight excluding hydrogens is 256 g/mol. The molecular formula is C16H22O4. The summed E-state index contributed by atoms with van der Waals surface area (Å²) < 4.78 is 10.6. The molecule has 0 aliphatic heterocycles. The lowest BCUT2D eigenvalue weighted by molar-refractivity contribution is -0.156. The second kappa shape index (κ2) is 5.43. The van der Waals surface area contributed by atoms with E-state index in [0.717, 1.165) is 19.3 Å². The molecule has 2 bridgehead atoms. The smallest absolute Gasteiger partial charge is 0.333 e. The Hall–Kier alpha value is -1.58. The van der Waals surface area contributed by atoms with Crippen molar-refractivity contribution in [3.05, 3.63) is 24.3 Å². The second-order valence-corrected chi connectivity index (χ2v) is 6.21. The fourth-order valence-corrected chi connectivity index (χ4v) is 3.39. The maximum Gasteiger partial charge on any atom is 0.333 e. The molecule has 0 spiro atoms.